The van der Waals surface area contributed by atoms with Gasteiger partial charge in [-0.05, 0) is 54.0 Å². The van der Waals surface area contributed by atoms with Gasteiger partial charge in [-0.25, -0.2) is 14.6 Å². The lowest BCUT2D eigenvalue weighted by molar-refractivity contribution is -0.140. The molecule has 9 heteroatoms. The molecule has 0 amide bonds. The van der Waals surface area contributed by atoms with Crippen LogP contribution in [-0.2, 0) is 20.9 Å². The molecule has 0 fully saturated rings. The Bertz CT molecular complexity index is 1770. The molecule has 196 valence electrons. The number of fused-ring (bicyclic) bond motifs is 1. The second-order valence-electron chi connectivity index (χ2n) is 8.81. The normalized spacial score (nSPS) is 14.9. The van der Waals surface area contributed by atoms with E-state index in [0.29, 0.717) is 31.2 Å². The van der Waals surface area contributed by atoms with E-state index >= 15 is 0 Å². The minimum absolute atomic E-state index is 0.0731. The lowest BCUT2D eigenvalue weighted by atomic mass is 9.95. The SMILES string of the molecule is COC(=O)c1ccc(C2C(C(=O)OCc3ccccc3)=C(C)N=c3sc(=Cc4cccc(Cl)c4)c(=O)n32)cc1. The Balaban J connectivity index is 1.62. The molecule has 5 rings (SSSR count). The van der Waals surface area contributed by atoms with E-state index in [1.165, 1.54) is 23.0 Å². The lowest BCUT2D eigenvalue weighted by Crippen LogP contribution is -2.39. The van der Waals surface area contributed by atoms with Crippen LogP contribution < -0.4 is 14.9 Å². The van der Waals surface area contributed by atoms with Crippen LogP contribution >= 0.6 is 22.9 Å². The Morgan fingerprint density at radius 2 is 1.77 bits per heavy atom. The van der Waals surface area contributed by atoms with Crippen molar-refractivity contribution in [3.05, 3.63) is 137 Å². The first-order valence-electron chi connectivity index (χ1n) is 12.0. The molecule has 1 unspecified atom stereocenters. The van der Waals surface area contributed by atoms with Crippen LogP contribution in [0, 0.1) is 0 Å². The molecular weight excluding hydrogens is 536 g/mol. The summed E-state index contributed by atoms with van der Waals surface area (Å²) in [5.74, 6) is -1.06. The highest BCUT2D eigenvalue weighted by molar-refractivity contribution is 7.07. The smallest absolute Gasteiger partial charge is 0.338 e. The van der Waals surface area contributed by atoms with Crippen LogP contribution in [-0.4, -0.2) is 23.6 Å². The molecule has 0 bridgehead atoms. The van der Waals surface area contributed by atoms with Crippen LogP contribution in [0.25, 0.3) is 6.08 Å². The molecule has 4 aromatic rings. The number of esters is 2. The van der Waals surface area contributed by atoms with Crippen molar-refractivity contribution in [2.45, 2.75) is 19.6 Å². The third kappa shape index (κ3) is 5.48. The Kier molecular flexibility index (Phi) is 7.58. The Morgan fingerprint density at radius 1 is 1.03 bits per heavy atom. The zero-order valence-corrected chi connectivity index (χ0v) is 22.7. The number of ether oxygens (including phenoxy) is 2. The number of rotatable bonds is 6. The van der Waals surface area contributed by atoms with E-state index in [2.05, 4.69) is 4.99 Å². The summed E-state index contributed by atoms with van der Waals surface area (Å²) in [5, 5.41) is 0.555. The molecule has 0 spiro atoms. The zero-order valence-electron chi connectivity index (χ0n) is 21.1. The van der Waals surface area contributed by atoms with Crippen LogP contribution in [0.15, 0.2) is 99.9 Å². The lowest BCUT2D eigenvalue weighted by Gasteiger charge is -2.25. The number of benzene rings is 3. The van der Waals surface area contributed by atoms with Gasteiger partial charge < -0.3 is 9.47 Å². The molecule has 39 heavy (non-hydrogen) atoms. The van der Waals surface area contributed by atoms with Gasteiger partial charge in [0.2, 0.25) is 0 Å². The van der Waals surface area contributed by atoms with Crippen LogP contribution in [0.4, 0.5) is 0 Å². The highest BCUT2D eigenvalue weighted by atomic mass is 35.5. The number of methoxy groups -OCH3 is 1. The third-order valence-corrected chi connectivity index (χ3v) is 7.47. The fourth-order valence-electron chi connectivity index (χ4n) is 4.37. The average molecular weight is 559 g/mol. The summed E-state index contributed by atoms with van der Waals surface area (Å²) >= 11 is 7.36. The van der Waals surface area contributed by atoms with Crippen LogP contribution in [0.3, 0.4) is 0 Å². The standard InChI is InChI=1S/C30H23ClN2O5S/c1-18-25(29(36)38-17-19-7-4-3-5-8-19)26(21-11-13-22(14-12-21)28(35)37-2)33-27(34)24(39-30(33)32-18)16-20-9-6-10-23(31)15-20/h3-16,26H,17H2,1-2H3. The molecular formula is C30H23ClN2O5S. The number of halogens is 1. The molecule has 0 saturated heterocycles. The molecule has 1 aliphatic rings. The number of allylic oxidation sites excluding steroid dienone is 1. The Morgan fingerprint density at radius 3 is 2.46 bits per heavy atom. The molecule has 0 aliphatic carbocycles. The fourth-order valence-corrected chi connectivity index (χ4v) is 5.61. The molecule has 0 saturated carbocycles. The van der Waals surface area contributed by atoms with E-state index in [1.807, 2.05) is 42.5 Å². The first-order valence-corrected chi connectivity index (χ1v) is 13.2. The van der Waals surface area contributed by atoms with Gasteiger partial charge in [0.15, 0.2) is 4.80 Å². The van der Waals surface area contributed by atoms with Crippen LogP contribution in [0.1, 0.15) is 40.0 Å². The van der Waals surface area contributed by atoms with E-state index in [9.17, 15) is 14.4 Å². The molecule has 0 radical (unpaired) electrons. The molecule has 7 nitrogen and oxygen atoms in total. The number of hydrogen-bond acceptors (Lipinski definition) is 7. The number of aromatic nitrogens is 1. The van der Waals surface area contributed by atoms with Crippen molar-refractivity contribution in [1.82, 2.24) is 4.57 Å². The van der Waals surface area contributed by atoms with Gasteiger partial charge in [0.05, 0.1) is 34.5 Å². The summed E-state index contributed by atoms with van der Waals surface area (Å²) in [6, 6.07) is 22.3. The van der Waals surface area contributed by atoms with Gasteiger partial charge in [-0.1, -0.05) is 77.5 Å². The number of thiazole rings is 1. The summed E-state index contributed by atoms with van der Waals surface area (Å²) in [5.41, 5.74) is 2.97. The van der Waals surface area contributed by atoms with Gasteiger partial charge >= 0.3 is 11.9 Å². The summed E-state index contributed by atoms with van der Waals surface area (Å²) < 4.78 is 12.4. The molecule has 1 aliphatic heterocycles. The molecule has 1 aromatic heterocycles. The number of hydrogen-bond donors (Lipinski definition) is 0. The molecule has 0 N–H and O–H groups in total. The molecule has 1 atom stereocenters. The van der Waals surface area contributed by atoms with E-state index in [4.69, 9.17) is 21.1 Å². The van der Waals surface area contributed by atoms with Gasteiger partial charge in [-0.15, -0.1) is 0 Å². The quantitative estimate of drug-likeness (QED) is 0.327. The summed E-state index contributed by atoms with van der Waals surface area (Å²) in [4.78, 5) is 44.3. The van der Waals surface area contributed by atoms with Crippen molar-refractivity contribution >= 4 is 41.0 Å². The second-order valence-corrected chi connectivity index (χ2v) is 10.3. The van der Waals surface area contributed by atoms with Crippen LogP contribution in [0.5, 0.6) is 0 Å². The van der Waals surface area contributed by atoms with E-state index in [-0.39, 0.29) is 17.7 Å². The number of carbonyl (C=O) groups is 2. The molecule has 3 aromatic carbocycles. The number of carbonyl (C=O) groups excluding carboxylic acids is 2. The minimum Gasteiger partial charge on any atom is -0.465 e. The van der Waals surface area contributed by atoms with Crippen LogP contribution in [0.2, 0.25) is 5.02 Å². The predicted molar refractivity (Wildman–Crippen MR) is 149 cm³/mol. The van der Waals surface area contributed by atoms with Gasteiger partial charge in [0.25, 0.3) is 5.56 Å². The van der Waals surface area contributed by atoms with E-state index in [1.54, 1.807) is 49.4 Å². The fraction of sp³-hybridized carbons (Fsp3) is 0.133. The topological polar surface area (TPSA) is 87.0 Å². The third-order valence-electron chi connectivity index (χ3n) is 6.25. The minimum atomic E-state index is -0.808. The zero-order chi connectivity index (χ0) is 27.5. The average Bonchev–Trinajstić information content (AvgIpc) is 3.25. The first kappa shape index (κ1) is 26.3. The summed E-state index contributed by atoms with van der Waals surface area (Å²) in [6.07, 6.45) is 1.75. The maximum absolute atomic E-state index is 13.8. The molecule has 2 heterocycles. The monoisotopic (exact) mass is 558 g/mol. The van der Waals surface area contributed by atoms with Gasteiger partial charge in [0, 0.05) is 5.02 Å². The van der Waals surface area contributed by atoms with Gasteiger partial charge in [0.1, 0.15) is 6.61 Å². The highest BCUT2D eigenvalue weighted by Crippen LogP contribution is 2.31. The maximum Gasteiger partial charge on any atom is 0.338 e. The van der Waals surface area contributed by atoms with Crippen molar-refractivity contribution in [2.75, 3.05) is 7.11 Å². The van der Waals surface area contributed by atoms with Crippen molar-refractivity contribution in [1.29, 1.82) is 0 Å². The number of nitrogens with zero attached hydrogens (tertiary/aromatic N) is 2. The van der Waals surface area contributed by atoms with E-state index < -0.39 is 18.0 Å². The Labute approximate surface area is 232 Å². The van der Waals surface area contributed by atoms with Gasteiger partial charge in [-0.3, -0.25) is 9.36 Å². The summed E-state index contributed by atoms with van der Waals surface area (Å²) in [6.45, 7) is 1.80. The van der Waals surface area contributed by atoms with Crippen molar-refractivity contribution in [2.24, 2.45) is 4.99 Å². The van der Waals surface area contributed by atoms with Crippen molar-refractivity contribution < 1.29 is 19.1 Å². The Hall–Kier alpha value is -4.27. The second kappa shape index (κ2) is 11.2. The first-order chi connectivity index (χ1) is 18.9. The van der Waals surface area contributed by atoms with Crippen molar-refractivity contribution in [3.63, 3.8) is 0 Å². The van der Waals surface area contributed by atoms with E-state index in [0.717, 1.165) is 11.1 Å². The van der Waals surface area contributed by atoms with Gasteiger partial charge in [-0.2, -0.15) is 0 Å². The summed E-state index contributed by atoms with van der Waals surface area (Å²) in [7, 11) is 1.31. The largest absolute Gasteiger partial charge is 0.465 e. The maximum atomic E-state index is 13.8. The highest BCUT2D eigenvalue weighted by Gasteiger charge is 2.33. The van der Waals surface area contributed by atoms with Crippen molar-refractivity contribution in [3.8, 4) is 0 Å². The predicted octanol–water partition coefficient (Wildman–Crippen LogP) is 4.42.